The van der Waals surface area contributed by atoms with Gasteiger partial charge < -0.3 is 55.8 Å². The van der Waals surface area contributed by atoms with Crippen molar-refractivity contribution >= 4 is 86.9 Å². The van der Waals surface area contributed by atoms with Gasteiger partial charge in [-0.2, -0.15) is 13.2 Å². The number of β-amino-alcohol motifs (C(OH)–C–C–N with tert-alkyl or cyclic N) is 4. The number of carboxylic acid groups (broad SMARTS) is 1. The van der Waals surface area contributed by atoms with Crippen LogP contribution in [0.2, 0.25) is 0 Å². The molecule has 0 bridgehead atoms. The van der Waals surface area contributed by atoms with Gasteiger partial charge in [0, 0.05) is 87.8 Å². The van der Waals surface area contributed by atoms with Crippen LogP contribution in [0.15, 0.2) is 162 Å². The fourth-order valence-corrected chi connectivity index (χ4v) is 19.3. The van der Waals surface area contributed by atoms with Gasteiger partial charge in [0.2, 0.25) is 11.8 Å². The summed E-state index contributed by atoms with van der Waals surface area (Å²) in [5.74, 6) is -4.15. The van der Waals surface area contributed by atoms with E-state index in [4.69, 9.17) is 5.73 Å². The smallest absolute Gasteiger partial charge is 0.412 e. The molecule has 14 rings (SSSR count). The zero-order valence-corrected chi connectivity index (χ0v) is 71.9. The van der Waals surface area contributed by atoms with Crippen LogP contribution in [0.5, 0.6) is 0 Å². The molecule has 7 N–H and O–H groups in total. The first kappa shape index (κ1) is 91.4. The van der Waals surface area contributed by atoms with Gasteiger partial charge in [0.05, 0.1) is 84.7 Å². The van der Waals surface area contributed by atoms with Crippen molar-refractivity contribution < 1.29 is 81.9 Å². The minimum absolute atomic E-state index is 0.0163. The number of amides is 5. The first-order chi connectivity index (χ1) is 57.3. The van der Waals surface area contributed by atoms with Gasteiger partial charge in [0.1, 0.15) is 23.2 Å². The second-order valence-electron chi connectivity index (χ2n) is 32.9. The summed E-state index contributed by atoms with van der Waals surface area (Å²) in [6.07, 6.45) is -4.12. The van der Waals surface area contributed by atoms with Gasteiger partial charge in [0.15, 0.2) is 23.4 Å². The van der Waals surface area contributed by atoms with E-state index in [0.717, 1.165) is 86.7 Å². The summed E-state index contributed by atoms with van der Waals surface area (Å²) in [5.41, 5.74) is 21.1. The maximum atomic E-state index is 13.5. The molecule has 6 aromatic carbocycles. The lowest BCUT2D eigenvalue weighted by Gasteiger charge is -2.36. The number of fused-ring (bicyclic) bond motifs is 1. The van der Waals surface area contributed by atoms with Crippen molar-refractivity contribution in [2.45, 2.75) is 212 Å². The van der Waals surface area contributed by atoms with Crippen molar-refractivity contribution in [2.75, 3.05) is 26.2 Å². The highest BCUT2D eigenvalue weighted by molar-refractivity contribution is 7.14. The highest BCUT2D eigenvalue weighted by Gasteiger charge is 2.54. The van der Waals surface area contributed by atoms with Crippen molar-refractivity contribution in [3.63, 3.8) is 0 Å². The Bertz CT molecular complexity index is 5250. The number of thiazole rings is 3. The summed E-state index contributed by atoms with van der Waals surface area (Å²) in [5, 5.41) is 50.3. The summed E-state index contributed by atoms with van der Waals surface area (Å²) in [6, 6.07) is 40.4. The maximum Gasteiger partial charge on any atom is 0.412 e. The Labute approximate surface area is 714 Å². The highest BCUT2D eigenvalue weighted by atomic mass is 32.1. The van der Waals surface area contributed by atoms with Crippen molar-refractivity contribution in [3.05, 3.63) is 229 Å². The van der Waals surface area contributed by atoms with E-state index in [0.29, 0.717) is 68.2 Å². The number of halogens is 3. The number of rotatable bonds is 23. The molecule has 10 atom stereocenters. The number of aliphatic hydroxyl groups excluding tert-OH is 3. The summed E-state index contributed by atoms with van der Waals surface area (Å²) in [4.78, 5) is 139. The molecular formula is C92H104F3N9O14S3. The summed E-state index contributed by atoms with van der Waals surface area (Å²) in [6.45, 7) is 19.0. The third-order valence-corrected chi connectivity index (χ3v) is 26.3. The van der Waals surface area contributed by atoms with Crippen molar-refractivity contribution in [1.82, 2.24) is 39.5 Å². The number of hydrogen-bond acceptors (Lipinski definition) is 20. The molecule has 0 saturated carbocycles. The monoisotopic (exact) mass is 1710 g/mol. The first-order valence-corrected chi connectivity index (χ1v) is 43.1. The molecule has 121 heavy (non-hydrogen) atoms. The Hall–Kier alpha value is -10.4. The largest absolute Gasteiger partial charge is 0.480 e. The van der Waals surface area contributed by atoms with Crippen LogP contribution in [0, 0.1) is 40.5 Å². The molecule has 4 saturated heterocycles. The zero-order chi connectivity index (χ0) is 87.7. The number of carboxylic acids is 1. The number of aliphatic carboxylic acids is 1. The van der Waals surface area contributed by atoms with Crippen molar-refractivity contribution in [1.29, 1.82) is 0 Å². The SMILES string of the molecule is CC(C)[C@@H](C(=O)N1C[C@](C)(O)C[C@H]1C(=O)O)N1Cc2ccccc2C1=O.CCC1(C(=O)CCc2ccc(-c3scnc3C)cc2)C[C@@H](O)CN1C(=O)c1cccc(C)c1.Cc1cccc(C(=O)N2C[C@H](O)CC2(C)C(=O)CCc2ccc(-c3scnc3C)cc2)c1.Cc1ncsc1-c1ccc(CCC(=O)[C@@H]2C[C@@H](O)CN2C(=O)C(N)C(F)(F)F)cc1. The maximum absolute atomic E-state index is 13.5. The van der Waals surface area contributed by atoms with Gasteiger partial charge >= 0.3 is 12.1 Å². The molecule has 8 heterocycles. The molecule has 3 aromatic heterocycles. The Morgan fingerprint density at radius 2 is 1.02 bits per heavy atom. The van der Waals surface area contributed by atoms with Gasteiger partial charge in [0.25, 0.3) is 17.7 Å². The van der Waals surface area contributed by atoms with Gasteiger partial charge in [-0.15, -0.1) is 34.0 Å². The van der Waals surface area contributed by atoms with E-state index in [9.17, 15) is 81.9 Å². The van der Waals surface area contributed by atoms with E-state index < -0.39 is 88.9 Å². The predicted octanol–water partition coefficient (Wildman–Crippen LogP) is 13.2. The van der Waals surface area contributed by atoms with Crippen LogP contribution >= 0.6 is 34.0 Å². The van der Waals surface area contributed by atoms with Gasteiger partial charge in [-0.1, -0.05) is 147 Å². The second kappa shape index (κ2) is 38.8. The quantitative estimate of drug-likeness (QED) is 0.0346. The van der Waals surface area contributed by atoms with Gasteiger partial charge in [-0.25, -0.2) is 19.7 Å². The number of aromatic nitrogens is 3. The molecule has 9 aromatic rings. The van der Waals surface area contributed by atoms with Crippen molar-refractivity contribution in [2.24, 2.45) is 11.7 Å². The summed E-state index contributed by atoms with van der Waals surface area (Å²) in [7, 11) is 0. The third kappa shape index (κ3) is 21.2. The number of alkyl halides is 3. The molecule has 0 radical (unpaired) electrons. The van der Waals surface area contributed by atoms with Crippen LogP contribution in [0.4, 0.5) is 13.2 Å². The Morgan fingerprint density at radius 1 is 0.562 bits per heavy atom. The fraction of sp³-hybridized carbons (Fsp3) is 0.413. The van der Waals surface area contributed by atoms with E-state index in [-0.39, 0.29) is 87.1 Å². The number of nitrogens with zero attached hydrogens (tertiary/aromatic N) is 8. The molecule has 23 nitrogen and oxygen atoms in total. The van der Waals surface area contributed by atoms with Gasteiger partial charge in [-0.3, -0.25) is 38.4 Å². The van der Waals surface area contributed by atoms with E-state index in [1.807, 2.05) is 151 Å². The molecule has 0 aliphatic carbocycles. The molecule has 5 amide bonds. The normalized spacial score (nSPS) is 21.7. The minimum Gasteiger partial charge on any atom is -0.480 e. The molecule has 5 aliphatic rings. The number of ketones is 3. The van der Waals surface area contributed by atoms with Gasteiger partial charge in [-0.05, 0) is 149 Å². The van der Waals surface area contributed by atoms with E-state index in [2.05, 4.69) is 51.4 Å². The average Bonchev–Trinajstić information content (AvgIpc) is 1.63. The second-order valence-corrected chi connectivity index (χ2v) is 35.4. The van der Waals surface area contributed by atoms with Crippen molar-refractivity contribution in [3.8, 4) is 31.3 Å². The number of nitrogens with two attached hydrogens (primary N) is 1. The third-order valence-electron chi connectivity index (χ3n) is 23.4. The molecule has 4 fully saturated rings. The lowest BCUT2D eigenvalue weighted by atomic mass is 9.84. The van der Waals surface area contributed by atoms with E-state index >= 15 is 0 Å². The van der Waals surface area contributed by atoms with Crippen LogP contribution < -0.4 is 5.73 Å². The molecule has 0 spiro atoms. The summed E-state index contributed by atoms with van der Waals surface area (Å²) < 4.78 is 38.4. The minimum atomic E-state index is -4.91. The standard InChI is InChI=1S/C27H30N2O3S.C26H28N2O3S.C20H22F3N3O3S.C19H24N2O5/c1-4-27(15-23(30)16-29(27)26(32)22-7-5-6-18(2)14-22)24(31)13-10-20-8-11-21(12-9-20)25-19(3)28-17-33-25;1-17-5-4-6-21(13-17)25(31)28-15-22(29)14-26(28,3)23(30)12-9-19-7-10-20(11-8-19)24-18(2)27-16-32-24;1-11-17(30-10-25-11)13-5-2-12(3-6-13)4-7-16(28)15-8-14(27)9-26(15)19(29)18(24)20(21,22)23;1-11(2)15(20-9-12-6-4-5-7-13(12)16(20)22)17(23)21-10-19(3,26)8-14(21)18(24)25/h5-9,11-12,14,17,23,30H,4,10,13,15-16H2,1-3H3;4-8,10-11,13,16,22,29H,9,12,14-15H2,1-3H3;2-3,5-6,10,14-15,18,27H,4,7-9,24H2,1H3;4-7,11,14-15,26H,8-10H2,1-3H3,(H,24,25)/t23-,27?;22-,26?;14-,15+,18?;14-,15-,19+/m1110/s1. The number of aliphatic hydroxyl groups is 4. The Kier molecular flexibility index (Phi) is 29.3. The first-order valence-electron chi connectivity index (χ1n) is 40.5. The molecule has 29 heteroatoms. The lowest BCUT2D eigenvalue weighted by molar-refractivity contribution is -0.171. The number of carbonyl (C=O) groups excluding carboxylic acids is 8. The van der Waals surface area contributed by atoms with Crippen LogP contribution in [-0.2, 0) is 54.6 Å². The van der Waals surface area contributed by atoms with E-state index in [1.54, 1.807) is 69.2 Å². The number of Topliss-reactive ketones (excluding diaryl/α,β-unsaturated/α-hetero) is 3. The van der Waals surface area contributed by atoms with E-state index in [1.165, 1.54) is 28.1 Å². The van der Waals surface area contributed by atoms with Crippen LogP contribution in [0.1, 0.15) is 168 Å². The number of aryl methyl sites for hydroxylation is 8. The highest BCUT2D eigenvalue weighted by Crippen LogP contribution is 2.40. The van der Waals surface area contributed by atoms with Crippen LogP contribution in [0.3, 0.4) is 0 Å². The number of hydrogen-bond donors (Lipinski definition) is 6. The molecule has 640 valence electrons. The number of benzene rings is 6. The predicted molar refractivity (Wildman–Crippen MR) is 457 cm³/mol. The topological polar surface area (TPSA) is 336 Å². The molecular weight excluding hydrogens is 1610 g/mol. The lowest BCUT2D eigenvalue weighted by Crippen LogP contribution is -2.54. The zero-order valence-electron chi connectivity index (χ0n) is 69.4. The van der Waals surface area contributed by atoms with Crippen LogP contribution in [0.25, 0.3) is 31.3 Å². The summed E-state index contributed by atoms with van der Waals surface area (Å²) >= 11 is 4.77. The Morgan fingerprint density at radius 3 is 1.47 bits per heavy atom. The number of carbonyl (C=O) groups is 9. The Balaban J connectivity index is 0.000000158. The average molecular weight is 1710 g/mol. The number of likely N-dealkylation sites (tertiary alicyclic amines) is 4. The molecule has 5 aliphatic heterocycles. The van der Waals surface area contributed by atoms with Crippen LogP contribution in [-0.4, -0.2) is 209 Å². The fourth-order valence-electron chi connectivity index (χ4n) is 16.8. The molecule has 3 unspecified atom stereocenters.